The molecule has 1 heterocycles. The zero-order valence-corrected chi connectivity index (χ0v) is 13.3. The van der Waals surface area contributed by atoms with E-state index < -0.39 is 0 Å². The molecule has 0 N–H and O–H groups in total. The van der Waals surface area contributed by atoms with Crippen LogP contribution >= 0.6 is 34.9 Å². The maximum Gasteiger partial charge on any atom is 0.333 e. The molecule has 0 radical (unpaired) electrons. The predicted octanol–water partition coefficient (Wildman–Crippen LogP) is 2.01. The van der Waals surface area contributed by atoms with Crippen LogP contribution in [0.25, 0.3) is 0 Å². The number of aromatic nitrogens is 2. The van der Waals surface area contributed by atoms with E-state index in [2.05, 4.69) is 21.5 Å². The minimum absolute atomic E-state index is 0.311. The highest BCUT2D eigenvalue weighted by atomic mass is 32.2. The Bertz CT molecular complexity index is 464. The second-order valence-corrected chi connectivity index (χ2v) is 7.08. The van der Waals surface area contributed by atoms with Gasteiger partial charge < -0.3 is 9.47 Å². The average Bonchev–Trinajstić information content (AvgIpc) is 2.87. The Morgan fingerprint density at radius 1 is 1.30 bits per heavy atom. The summed E-state index contributed by atoms with van der Waals surface area (Å²) in [7, 11) is 0. The van der Waals surface area contributed by atoms with Crippen LogP contribution in [0.2, 0.25) is 0 Å². The van der Waals surface area contributed by atoms with E-state index in [0.29, 0.717) is 36.8 Å². The van der Waals surface area contributed by atoms with Crippen molar-refractivity contribution in [2.75, 3.05) is 24.7 Å². The number of esters is 1. The zero-order valence-electron chi connectivity index (χ0n) is 10.9. The molecule has 1 aromatic rings. The van der Waals surface area contributed by atoms with Crippen LogP contribution in [0.1, 0.15) is 6.92 Å². The van der Waals surface area contributed by atoms with Crippen LogP contribution in [-0.2, 0) is 19.1 Å². The number of nitrogens with zero attached hydrogens (tertiary/aromatic N) is 2. The molecule has 0 unspecified atom stereocenters. The van der Waals surface area contributed by atoms with E-state index in [1.165, 1.54) is 34.9 Å². The normalized spacial score (nSPS) is 10.1. The molecule has 0 aliphatic rings. The van der Waals surface area contributed by atoms with Crippen molar-refractivity contribution in [2.45, 2.75) is 15.6 Å². The summed E-state index contributed by atoms with van der Waals surface area (Å²) in [4.78, 5) is 21.1. The second kappa shape index (κ2) is 9.78. The number of hydrogen-bond donors (Lipinski definition) is 0. The molecule has 0 aliphatic heterocycles. The maximum atomic E-state index is 11.1. The summed E-state index contributed by atoms with van der Waals surface area (Å²) in [5, 5.41) is 8.01. The first kappa shape index (κ1) is 17.0. The lowest BCUT2D eigenvalue weighted by Gasteiger charge is -2.01. The molecule has 1 aromatic heterocycles. The standard InChI is InChI=1S/C11H14N2O4S3/c1-8(2)9(15)17-4-6-19-11-13-12-10(20-11)18-5-3-16-7-14/h7H,1,3-6H2,2H3. The zero-order chi connectivity index (χ0) is 14.8. The van der Waals surface area contributed by atoms with Gasteiger partial charge in [0.2, 0.25) is 0 Å². The van der Waals surface area contributed by atoms with E-state index in [-0.39, 0.29) is 5.97 Å². The van der Waals surface area contributed by atoms with E-state index in [0.717, 1.165) is 8.68 Å². The van der Waals surface area contributed by atoms with E-state index in [4.69, 9.17) is 4.74 Å². The van der Waals surface area contributed by atoms with Crippen molar-refractivity contribution in [3.63, 3.8) is 0 Å². The highest BCUT2D eigenvalue weighted by Crippen LogP contribution is 2.28. The van der Waals surface area contributed by atoms with Crippen molar-refractivity contribution in [3.05, 3.63) is 12.2 Å². The molecule has 0 aromatic carbocycles. The third kappa shape index (κ3) is 6.92. The smallest absolute Gasteiger partial charge is 0.333 e. The SMILES string of the molecule is C=C(C)C(=O)OCCSc1nnc(SCCOC=O)s1. The van der Waals surface area contributed by atoms with Gasteiger partial charge in [-0.3, -0.25) is 4.79 Å². The van der Waals surface area contributed by atoms with Gasteiger partial charge in [0.05, 0.1) is 0 Å². The number of thioether (sulfide) groups is 2. The van der Waals surface area contributed by atoms with Crippen molar-refractivity contribution in [1.29, 1.82) is 0 Å². The molecule has 0 fully saturated rings. The molecule has 0 atom stereocenters. The van der Waals surface area contributed by atoms with Gasteiger partial charge in [-0.15, -0.1) is 10.2 Å². The Morgan fingerprint density at radius 3 is 2.45 bits per heavy atom. The van der Waals surface area contributed by atoms with Gasteiger partial charge in [0.1, 0.15) is 13.2 Å². The third-order valence-electron chi connectivity index (χ3n) is 1.77. The summed E-state index contributed by atoms with van der Waals surface area (Å²) in [6, 6.07) is 0. The Labute approximate surface area is 129 Å². The average molecular weight is 334 g/mol. The van der Waals surface area contributed by atoms with Gasteiger partial charge in [-0.2, -0.15) is 0 Å². The largest absolute Gasteiger partial charge is 0.467 e. The van der Waals surface area contributed by atoms with Crippen LogP contribution in [-0.4, -0.2) is 47.4 Å². The van der Waals surface area contributed by atoms with Crippen molar-refractivity contribution < 1.29 is 19.1 Å². The molecule has 9 heteroatoms. The van der Waals surface area contributed by atoms with Crippen LogP contribution in [0.15, 0.2) is 20.8 Å². The molecular formula is C11H14N2O4S3. The molecular weight excluding hydrogens is 320 g/mol. The minimum Gasteiger partial charge on any atom is -0.467 e. The summed E-state index contributed by atoms with van der Waals surface area (Å²) in [6.07, 6.45) is 0. The molecule has 1 rings (SSSR count). The Morgan fingerprint density at radius 2 is 1.90 bits per heavy atom. The van der Waals surface area contributed by atoms with Gasteiger partial charge in [-0.1, -0.05) is 41.4 Å². The fourth-order valence-corrected chi connectivity index (χ4v) is 3.73. The molecule has 20 heavy (non-hydrogen) atoms. The van der Waals surface area contributed by atoms with Crippen LogP contribution in [0.5, 0.6) is 0 Å². The molecule has 0 spiro atoms. The highest BCUT2D eigenvalue weighted by molar-refractivity contribution is 8.03. The van der Waals surface area contributed by atoms with Gasteiger partial charge in [0.15, 0.2) is 8.68 Å². The van der Waals surface area contributed by atoms with Gasteiger partial charge >= 0.3 is 5.97 Å². The van der Waals surface area contributed by atoms with Crippen LogP contribution < -0.4 is 0 Å². The van der Waals surface area contributed by atoms with Crippen LogP contribution in [0.3, 0.4) is 0 Å². The lowest BCUT2D eigenvalue weighted by Crippen LogP contribution is -2.07. The van der Waals surface area contributed by atoms with Crippen molar-refractivity contribution in [3.8, 4) is 0 Å². The van der Waals surface area contributed by atoms with E-state index >= 15 is 0 Å². The summed E-state index contributed by atoms with van der Waals surface area (Å²) in [5.74, 6) is 0.884. The van der Waals surface area contributed by atoms with Gasteiger partial charge in [0.25, 0.3) is 6.47 Å². The first-order valence-electron chi connectivity index (χ1n) is 5.60. The van der Waals surface area contributed by atoms with E-state index in [9.17, 15) is 9.59 Å². The van der Waals surface area contributed by atoms with Crippen molar-refractivity contribution in [1.82, 2.24) is 10.2 Å². The first-order valence-corrected chi connectivity index (χ1v) is 8.39. The number of carbonyl (C=O) groups excluding carboxylic acids is 2. The molecule has 110 valence electrons. The van der Waals surface area contributed by atoms with Gasteiger partial charge in [-0.05, 0) is 6.92 Å². The predicted molar refractivity (Wildman–Crippen MR) is 79.1 cm³/mol. The number of hydrogen-bond acceptors (Lipinski definition) is 9. The maximum absolute atomic E-state index is 11.1. The van der Waals surface area contributed by atoms with Crippen molar-refractivity contribution >= 4 is 47.3 Å². The summed E-state index contributed by atoms with van der Waals surface area (Å²) in [6.45, 7) is 6.20. The van der Waals surface area contributed by atoms with Crippen LogP contribution in [0, 0.1) is 0 Å². The lowest BCUT2D eigenvalue weighted by molar-refractivity contribution is -0.138. The molecule has 0 saturated heterocycles. The Balaban J connectivity index is 2.18. The van der Waals surface area contributed by atoms with E-state index in [1.54, 1.807) is 6.92 Å². The van der Waals surface area contributed by atoms with Crippen LogP contribution in [0.4, 0.5) is 0 Å². The first-order chi connectivity index (χ1) is 9.63. The summed E-state index contributed by atoms with van der Waals surface area (Å²) in [5.41, 5.74) is 0.391. The Kier molecular flexibility index (Phi) is 8.31. The molecule has 6 nitrogen and oxygen atoms in total. The monoisotopic (exact) mass is 334 g/mol. The summed E-state index contributed by atoms with van der Waals surface area (Å²) >= 11 is 4.41. The minimum atomic E-state index is -0.380. The quantitative estimate of drug-likeness (QED) is 0.211. The molecule has 0 aliphatic carbocycles. The lowest BCUT2D eigenvalue weighted by atomic mass is 10.4. The highest BCUT2D eigenvalue weighted by Gasteiger charge is 2.07. The van der Waals surface area contributed by atoms with Gasteiger partial charge in [0, 0.05) is 17.1 Å². The third-order valence-corrected chi connectivity index (χ3v) is 4.89. The number of ether oxygens (including phenoxy) is 2. The number of rotatable bonds is 10. The molecule has 0 saturated carbocycles. The topological polar surface area (TPSA) is 78.4 Å². The number of carbonyl (C=O) groups is 2. The Hall–Kier alpha value is -1.06. The van der Waals surface area contributed by atoms with Gasteiger partial charge in [-0.25, -0.2) is 4.79 Å². The molecule has 0 bridgehead atoms. The molecule has 0 amide bonds. The summed E-state index contributed by atoms with van der Waals surface area (Å²) < 4.78 is 11.2. The second-order valence-electron chi connectivity index (χ2n) is 3.41. The fraction of sp³-hybridized carbons (Fsp3) is 0.455. The fourth-order valence-electron chi connectivity index (χ4n) is 0.926. The van der Waals surface area contributed by atoms with E-state index in [1.807, 2.05) is 0 Å². The van der Waals surface area contributed by atoms with Crippen molar-refractivity contribution in [2.24, 2.45) is 0 Å².